The summed E-state index contributed by atoms with van der Waals surface area (Å²) in [5.41, 5.74) is 2.50. The predicted molar refractivity (Wildman–Crippen MR) is 129 cm³/mol. The van der Waals surface area contributed by atoms with Crippen LogP contribution in [0.2, 0.25) is 0 Å². The molecule has 0 amide bonds. The smallest absolute Gasteiger partial charge is 0.323 e. The number of methoxy groups -OCH3 is 1. The van der Waals surface area contributed by atoms with Crippen LogP contribution in [0, 0.1) is 12.8 Å². The fourth-order valence-electron chi connectivity index (χ4n) is 6.55. The number of hydrogen-bond acceptors (Lipinski definition) is 5. The van der Waals surface area contributed by atoms with Gasteiger partial charge < -0.3 is 9.47 Å². The Bertz CT molecular complexity index is 1210. The zero-order valence-corrected chi connectivity index (χ0v) is 19.7. The third kappa shape index (κ3) is 2.83. The standard InChI is InChI=1S/C29H29NO4/c1-4-34-26(31)23-28(20-14-7-5-8-15-20)24(22-18-12-11-13-19(22)2)30-25(27(32)33-3)29(23,28)21-16-9-6-10-17-21/h5-18,23-25,30H,4H2,1-3H3/t23-,24-,25+,28+,29-/m0/s1. The highest BCUT2D eigenvalue weighted by atomic mass is 16.5. The van der Waals surface area contributed by atoms with E-state index in [4.69, 9.17) is 9.47 Å². The fourth-order valence-corrected chi connectivity index (χ4v) is 6.55. The maximum absolute atomic E-state index is 13.7. The minimum Gasteiger partial charge on any atom is -0.468 e. The van der Waals surface area contributed by atoms with Crippen molar-refractivity contribution in [1.29, 1.82) is 0 Å². The second-order valence-corrected chi connectivity index (χ2v) is 9.07. The molecule has 1 saturated heterocycles. The Morgan fingerprint density at radius 3 is 1.94 bits per heavy atom. The van der Waals surface area contributed by atoms with Crippen molar-refractivity contribution in [3.63, 3.8) is 0 Å². The van der Waals surface area contributed by atoms with Crippen molar-refractivity contribution in [3.05, 3.63) is 107 Å². The van der Waals surface area contributed by atoms with Gasteiger partial charge in [0, 0.05) is 16.9 Å². The van der Waals surface area contributed by atoms with Crippen molar-refractivity contribution in [2.45, 2.75) is 36.8 Å². The lowest BCUT2D eigenvalue weighted by molar-refractivity contribution is -0.147. The van der Waals surface area contributed by atoms with Crippen LogP contribution in [0.5, 0.6) is 0 Å². The molecule has 0 aromatic heterocycles. The third-order valence-corrected chi connectivity index (χ3v) is 7.72. The minimum atomic E-state index is -0.859. The summed E-state index contributed by atoms with van der Waals surface area (Å²) < 4.78 is 11.0. The zero-order valence-electron chi connectivity index (χ0n) is 19.7. The number of fused-ring (bicyclic) bond motifs is 1. The topological polar surface area (TPSA) is 64.6 Å². The lowest BCUT2D eigenvalue weighted by Gasteiger charge is -2.28. The summed E-state index contributed by atoms with van der Waals surface area (Å²) in [6, 6.07) is 27.1. The lowest BCUT2D eigenvalue weighted by atomic mass is 9.75. The Morgan fingerprint density at radius 2 is 1.38 bits per heavy atom. The number of hydrogen-bond donors (Lipinski definition) is 1. The van der Waals surface area contributed by atoms with E-state index in [9.17, 15) is 9.59 Å². The molecule has 5 heteroatoms. The van der Waals surface area contributed by atoms with Crippen molar-refractivity contribution in [1.82, 2.24) is 5.32 Å². The van der Waals surface area contributed by atoms with Gasteiger partial charge in [-0.2, -0.15) is 0 Å². The van der Waals surface area contributed by atoms with Gasteiger partial charge in [0.1, 0.15) is 6.04 Å². The summed E-state index contributed by atoms with van der Waals surface area (Å²) in [6.07, 6.45) is 0. The van der Waals surface area contributed by atoms with Gasteiger partial charge in [-0.1, -0.05) is 84.9 Å². The fraction of sp³-hybridized carbons (Fsp3) is 0.310. The molecule has 1 N–H and O–H groups in total. The van der Waals surface area contributed by atoms with Crippen LogP contribution >= 0.6 is 0 Å². The van der Waals surface area contributed by atoms with Crippen LogP contribution in [0.1, 0.15) is 35.2 Å². The van der Waals surface area contributed by atoms with Crippen LogP contribution in [0.15, 0.2) is 84.9 Å². The molecule has 1 aliphatic heterocycles. The molecule has 1 heterocycles. The number of aryl methyl sites for hydroxylation is 1. The molecule has 174 valence electrons. The van der Waals surface area contributed by atoms with Crippen LogP contribution in [0.4, 0.5) is 0 Å². The maximum Gasteiger partial charge on any atom is 0.323 e. The Kier molecular flexibility index (Phi) is 5.53. The molecular formula is C29H29NO4. The molecule has 34 heavy (non-hydrogen) atoms. The Morgan fingerprint density at radius 1 is 0.824 bits per heavy atom. The first-order valence-electron chi connectivity index (χ1n) is 11.7. The predicted octanol–water partition coefficient (Wildman–Crippen LogP) is 4.25. The summed E-state index contributed by atoms with van der Waals surface area (Å²) >= 11 is 0. The number of carbonyl (C=O) groups is 2. The molecule has 3 aromatic carbocycles. The Hall–Kier alpha value is -3.44. The van der Waals surface area contributed by atoms with Gasteiger partial charge in [0.25, 0.3) is 0 Å². The molecule has 1 saturated carbocycles. The van der Waals surface area contributed by atoms with Crippen molar-refractivity contribution >= 4 is 11.9 Å². The highest BCUT2D eigenvalue weighted by Crippen LogP contribution is 2.80. The van der Waals surface area contributed by atoms with Gasteiger partial charge in [-0.05, 0) is 36.1 Å². The van der Waals surface area contributed by atoms with E-state index in [0.717, 1.165) is 22.3 Å². The van der Waals surface area contributed by atoms with Crippen LogP contribution in [0.3, 0.4) is 0 Å². The largest absolute Gasteiger partial charge is 0.468 e. The number of benzene rings is 3. The zero-order chi connectivity index (χ0) is 23.9. The van der Waals surface area contributed by atoms with Crippen LogP contribution in [-0.2, 0) is 29.9 Å². The number of piperidine rings is 1. The molecule has 2 fully saturated rings. The van der Waals surface area contributed by atoms with Gasteiger partial charge >= 0.3 is 11.9 Å². The van der Waals surface area contributed by atoms with Crippen molar-refractivity contribution < 1.29 is 19.1 Å². The molecule has 0 radical (unpaired) electrons. The molecule has 3 aromatic rings. The van der Waals surface area contributed by atoms with E-state index in [0.29, 0.717) is 0 Å². The number of nitrogens with one attached hydrogen (secondary N) is 1. The third-order valence-electron chi connectivity index (χ3n) is 7.72. The molecule has 0 unspecified atom stereocenters. The Labute approximate surface area is 200 Å². The van der Waals surface area contributed by atoms with E-state index in [1.165, 1.54) is 7.11 Å². The van der Waals surface area contributed by atoms with Gasteiger partial charge in [0.15, 0.2) is 0 Å². The first-order chi connectivity index (χ1) is 16.5. The number of ether oxygens (including phenoxy) is 2. The second-order valence-electron chi connectivity index (χ2n) is 9.07. The van der Waals surface area contributed by atoms with Gasteiger partial charge in [-0.25, -0.2) is 0 Å². The van der Waals surface area contributed by atoms with Gasteiger partial charge in [0.2, 0.25) is 0 Å². The van der Waals surface area contributed by atoms with Crippen LogP contribution in [0.25, 0.3) is 0 Å². The number of rotatable bonds is 6. The average molecular weight is 456 g/mol. The van der Waals surface area contributed by atoms with E-state index in [1.807, 2.05) is 67.6 Å². The second kappa shape index (κ2) is 8.41. The lowest BCUT2D eigenvalue weighted by Crippen LogP contribution is -2.46. The molecular weight excluding hydrogens is 426 g/mol. The van der Waals surface area contributed by atoms with Crippen molar-refractivity contribution in [2.75, 3.05) is 13.7 Å². The van der Waals surface area contributed by atoms with E-state index in [-0.39, 0.29) is 24.6 Å². The molecule has 5 atom stereocenters. The Balaban J connectivity index is 1.86. The summed E-state index contributed by atoms with van der Waals surface area (Å²) in [5.74, 6) is -1.23. The molecule has 0 spiro atoms. The van der Waals surface area contributed by atoms with E-state index in [2.05, 4.69) is 36.5 Å². The van der Waals surface area contributed by atoms with Crippen LogP contribution in [-0.4, -0.2) is 31.7 Å². The normalized spacial score (nSPS) is 29.2. The first kappa shape index (κ1) is 22.4. The van der Waals surface area contributed by atoms with Gasteiger partial charge in [0.05, 0.1) is 19.6 Å². The van der Waals surface area contributed by atoms with Crippen molar-refractivity contribution in [2.24, 2.45) is 5.92 Å². The molecule has 5 rings (SSSR count). The van der Waals surface area contributed by atoms with Gasteiger partial charge in [-0.15, -0.1) is 0 Å². The van der Waals surface area contributed by atoms with E-state index in [1.54, 1.807) is 0 Å². The monoisotopic (exact) mass is 455 g/mol. The SMILES string of the molecule is CCOC(=O)[C@@H]1[C@@]2(c3ccccc3)[C@@H](C(=O)OC)N[C@@H](c3ccccc3C)[C@@]12c1ccccc1. The highest BCUT2D eigenvalue weighted by molar-refractivity contribution is 5.93. The summed E-state index contributed by atoms with van der Waals surface area (Å²) in [4.78, 5) is 27.0. The molecule has 1 aliphatic carbocycles. The molecule has 0 bridgehead atoms. The van der Waals surface area contributed by atoms with Gasteiger partial charge in [-0.3, -0.25) is 14.9 Å². The quantitative estimate of drug-likeness (QED) is 0.563. The van der Waals surface area contributed by atoms with Crippen molar-refractivity contribution in [3.8, 4) is 0 Å². The maximum atomic E-state index is 13.7. The van der Waals surface area contributed by atoms with E-state index < -0.39 is 22.8 Å². The summed E-state index contributed by atoms with van der Waals surface area (Å²) in [6.45, 7) is 4.15. The number of carbonyl (C=O) groups excluding carboxylic acids is 2. The summed E-state index contributed by atoms with van der Waals surface area (Å²) in [7, 11) is 1.40. The molecule has 2 aliphatic rings. The number of esters is 2. The van der Waals surface area contributed by atoms with Crippen LogP contribution < -0.4 is 5.32 Å². The minimum absolute atomic E-state index is 0.274. The first-order valence-corrected chi connectivity index (χ1v) is 11.7. The molecule has 5 nitrogen and oxygen atoms in total. The average Bonchev–Trinajstić information content (AvgIpc) is 3.41. The van der Waals surface area contributed by atoms with E-state index >= 15 is 0 Å². The summed E-state index contributed by atoms with van der Waals surface area (Å²) in [5, 5.41) is 3.62. The highest BCUT2D eigenvalue weighted by Gasteiger charge is 2.90.